The van der Waals surface area contributed by atoms with Crippen LogP contribution in [0.15, 0.2) is 46.9 Å². The first-order valence-corrected chi connectivity index (χ1v) is 9.16. The summed E-state index contributed by atoms with van der Waals surface area (Å²) in [7, 11) is 0. The van der Waals surface area contributed by atoms with Gasteiger partial charge in [0.1, 0.15) is 5.75 Å². The van der Waals surface area contributed by atoms with E-state index in [1.165, 1.54) is 0 Å². The number of aromatic amines is 1. The van der Waals surface area contributed by atoms with Crippen LogP contribution in [0, 0.1) is 6.92 Å². The van der Waals surface area contributed by atoms with Gasteiger partial charge in [-0.3, -0.25) is 4.79 Å². The zero-order chi connectivity index (χ0) is 17.8. The van der Waals surface area contributed by atoms with Gasteiger partial charge in [0.15, 0.2) is 0 Å². The van der Waals surface area contributed by atoms with E-state index >= 15 is 0 Å². The van der Waals surface area contributed by atoms with Gasteiger partial charge in [0, 0.05) is 27.5 Å². The van der Waals surface area contributed by atoms with Crippen LogP contribution in [-0.2, 0) is 4.79 Å². The van der Waals surface area contributed by atoms with Gasteiger partial charge in [-0.2, -0.15) is 0 Å². The maximum absolute atomic E-state index is 12.2. The number of ether oxygens (including phenoxy) is 1. The van der Waals surface area contributed by atoms with Crippen LogP contribution in [0.2, 0.25) is 5.02 Å². The maximum Gasteiger partial charge on any atom is 0.224 e. The van der Waals surface area contributed by atoms with Crippen molar-refractivity contribution in [2.45, 2.75) is 19.8 Å². The quantitative estimate of drug-likeness (QED) is 0.502. The summed E-state index contributed by atoms with van der Waals surface area (Å²) in [5.41, 5.74) is 2.91. The molecule has 0 atom stereocenters. The van der Waals surface area contributed by atoms with E-state index in [1.807, 2.05) is 37.3 Å². The second kappa shape index (κ2) is 7.93. The van der Waals surface area contributed by atoms with Crippen molar-refractivity contribution < 1.29 is 9.53 Å². The molecule has 4 nitrogen and oxygen atoms in total. The molecule has 3 rings (SSSR count). The van der Waals surface area contributed by atoms with E-state index in [-0.39, 0.29) is 5.91 Å². The molecule has 0 saturated carbocycles. The molecule has 2 N–H and O–H groups in total. The first-order valence-electron chi connectivity index (χ1n) is 7.99. The lowest BCUT2D eigenvalue weighted by atomic mass is 10.2. The number of hydrogen-bond donors (Lipinski definition) is 2. The molecule has 0 aliphatic rings. The van der Waals surface area contributed by atoms with Crippen LogP contribution in [0.5, 0.6) is 5.75 Å². The van der Waals surface area contributed by atoms with E-state index in [2.05, 4.69) is 26.2 Å². The Bertz CT molecular complexity index is 908. The van der Waals surface area contributed by atoms with E-state index in [4.69, 9.17) is 16.3 Å². The number of aryl methyl sites for hydroxylation is 1. The molecular weight excluding hydrogens is 404 g/mol. The first-order chi connectivity index (χ1) is 12.0. The fourth-order valence-electron chi connectivity index (χ4n) is 2.62. The minimum atomic E-state index is -0.0307. The molecule has 0 aliphatic carbocycles. The molecule has 0 spiro atoms. The Hall–Kier alpha value is -1.98. The molecule has 0 unspecified atom stereocenters. The average Bonchev–Trinajstić information content (AvgIpc) is 2.94. The summed E-state index contributed by atoms with van der Waals surface area (Å²) in [5.74, 6) is 0.592. The van der Waals surface area contributed by atoms with Crippen molar-refractivity contribution in [2.24, 2.45) is 0 Å². The van der Waals surface area contributed by atoms with Crippen molar-refractivity contribution in [3.05, 3.63) is 57.7 Å². The van der Waals surface area contributed by atoms with Crippen LogP contribution in [0.25, 0.3) is 10.9 Å². The maximum atomic E-state index is 12.2. The van der Waals surface area contributed by atoms with Gasteiger partial charge in [0.25, 0.3) is 0 Å². The van der Waals surface area contributed by atoms with Crippen LogP contribution in [0.3, 0.4) is 0 Å². The van der Waals surface area contributed by atoms with Crippen molar-refractivity contribution in [1.29, 1.82) is 0 Å². The van der Waals surface area contributed by atoms with E-state index in [0.717, 1.165) is 26.8 Å². The van der Waals surface area contributed by atoms with Crippen LogP contribution < -0.4 is 10.1 Å². The number of amides is 1. The number of anilines is 1. The highest BCUT2D eigenvalue weighted by molar-refractivity contribution is 9.10. The van der Waals surface area contributed by atoms with E-state index < -0.39 is 0 Å². The molecule has 3 aromatic rings. The smallest absolute Gasteiger partial charge is 0.224 e. The molecule has 25 heavy (non-hydrogen) atoms. The van der Waals surface area contributed by atoms with E-state index in [9.17, 15) is 4.79 Å². The van der Waals surface area contributed by atoms with E-state index in [0.29, 0.717) is 30.2 Å². The number of nitrogens with one attached hydrogen (secondary N) is 2. The third-order valence-electron chi connectivity index (χ3n) is 3.77. The number of halogens is 2. The average molecular weight is 422 g/mol. The molecule has 6 heteroatoms. The summed E-state index contributed by atoms with van der Waals surface area (Å²) in [6, 6.07) is 13.3. The van der Waals surface area contributed by atoms with Crippen molar-refractivity contribution in [3.63, 3.8) is 0 Å². The normalized spacial score (nSPS) is 10.8. The van der Waals surface area contributed by atoms with Crippen LogP contribution in [-0.4, -0.2) is 17.5 Å². The minimum Gasteiger partial charge on any atom is -0.492 e. The molecular formula is C19H18BrClN2O2. The number of benzene rings is 2. The Labute approximate surface area is 159 Å². The lowest BCUT2D eigenvalue weighted by Gasteiger charge is -2.09. The Kier molecular flexibility index (Phi) is 5.66. The zero-order valence-electron chi connectivity index (χ0n) is 13.7. The lowest BCUT2D eigenvalue weighted by molar-refractivity contribution is -0.116. The SMILES string of the molecule is Cc1cc2c(NC(=O)CCCOc3ccc(Br)cc3Cl)cccc2[nH]1. The van der Waals surface area contributed by atoms with Crippen molar-refractivity contribution in [2.75, 3.05) is 11.9 Å². The molecule has 2 aromatic carbocycles. The van der Waals surface area contributed by atoms with Crippen molar-refractivity contribution in [1.82, 2.24) is 4.98 Å². The summed E-state index contributed by atoms with van der Waals surface area (Å²) in [5, 5.41) is 4.54. The third kappa shape index (κ3) is 4.55. The van der Waals surface area contributed by atoms with Gasteiger partial charge < -0.3 is 15.0 Å². The van der Waals surface area contributed by atoms with Gasteiger partial charge in [0.2, 0.25) is 5.91 Å². The summed E-state index contributed by atoms with van der Waals surface area (Å²) >= 11 is 9.45. The van der Waals surface area contributed by atoms with E-state index in [1.54, 1.807) is 12.1 Å². The third-order valence-corrected chi connectivity index (χ3v) is 4.56. The van der Waals surface area contributed by atoms with Crippen LogP contribution >= 0.6 is 27.5 Å². The highest BCUT2D eigenvalue weighted by Crippen LogP contribution is 2.28. The number of aromatic nitrogens is 1. The molecule has 1 amide bonds. The zero-order valence-corrected chi connectivity index (χ0v) is 16.1. The molecule has 0 saturated heterocycles. The van der Waals surface area contributed by atoms with Crippen molar-refractivity contribution in [3.8, 4) is 5.75 Å². The Morgan fingerprint density at radius 1 is 1.28 bits per heavy atom. The van der Waals surface area contributed by atoms with Crippen LogP contribution in [0.4, 0.5) is 5.69 Å². The monoisotopic (exact) mass is 420 g/mol. The summed E-state index contributed by atoms with van der Waals surface area (Å²) in [6.45, 7) is 2.43. The molecule has 130 valence electrons. The summed E-state index contributed by atoms with van der Waals surface area (Å²) < 4.78 is 6.53. The standard InChI is InChI=1S/C19H18BrClN2O2/c1-12-10-14-16(22-12)4-2-5-17(14)23-19(24)6-3-9-25-18-8-7-13(20)11-15(18)21/h2,4-5,7-8,10-11,22H,3,6,9H2,1H3,(H,23,24). The molecule has 0 fully saturated rings. The topological polar surface area (TPSA) is 54.1 Å². The number of fused-ring (bicyclic) bond motifs is 1. The van der Waals surface area contributed by atoms with Gasteiger partial charge in [-0.05, 0) is 49.7 Å². The van der Waals surface area contributed by atoms with Gasteiger partial charge in [-0.25, -0.2) is 0 Å². The number of rotatable bonds is 6. The lowest BCUT2D eigenvalue weighted by Crippen LogP contribution is -2.13. The number of H-pyrrole nitrogens is 1. The van der Waals surface area contributed by atoms with Crippen molar-refractivity contribution >= 4 is 50.0 Å². The van der Waals surface area contributed by atoms with Gasteiger partial charge in [0.05, 0.1) is 17.3 Å². The minimum absolute atomic E-state index is 0.0307. The summed E-state index contributed by atoms with van der Waals surface area (Å²) in [4.78, 5) is 15.4. The Morgan fingerprint density at radius 3 is 2.92 bits per heavy atom. The van der Waals surface area contributed by atoms with Gasteiger partial charge in [-0.15, -0.1) is 0 Å². The molecule has 1 aromatic heterocycles. The largest absolute Gasteiger partial charge is 0.492 e. The van der Waals surface area contributed by atoms with Crippen LogP contribution in [0.1, 0.15) is 18.5 Å². The van der Waals surface area contributed by atoms with Gasteiger partial charge >= 0.3 is 0 Å². The van der Waals surface area contributed by atoms with Gasteiger partial charge in [-0.1, -0.05) is 33.6 Å². The fraction of sp³-hybridized carbons (Fsp3) is 0.211. The predicted molar refractivity (Wildman–Crippen MR) is 106 cm³/mol. The Balaban J connectivity index is 1.51. The molecule has 1 heterocycles. The number of carbonyl (C=O) groups excluding carboxylic acids is 1. The highest BCUT2D eigenvalue weighted by Gasteiger charge is 2.08. The number of hydrogen-bond acceptors (Lipinski definition) is 2. The molecule has 0 radical (unpaired) electrons. The summed E-state index contributed by atoms with van der Waals surface area (Å²) in [6.07, 6.45) is 0.994. The second-order valence-corrected chi connectivity index (χ2v) is 7.12. The molecule has 0 bridgehead atoms. The highest BCUT2D eigenvalue weighted by atomic mass is 79.9. The first kappa shape index (κ1) is 17.8. The number of carbonyl (C=O) groups is 1. The predicted octanol–water partition coefficient (Wildman–Crippen LogP) is 5.69. The second-order valence-electron chi connectivity index (χ2n) is 5.79. The Morgan fingerprint density at radius 2 is 2.12 bits per heavy atom. The fourth-order valence-corrected chi connectivity index (χ4v) is 3.35. The molecule has 0 aliphatic heterocycles.